The number of benzene rings is 1. The third kappa shape index (κ3) is 2.64. The Morgan fingerprint density at radius 2 is 2.00 bits per heavy atom. The van der Waals surface area contributed by atoms with Gasteiger partial charge in [0.2, 0.25) is 0 Å². The van der Waals surface area contributed by atoms with Crippen molar-refractivity contribution in [3.63, 3.8) is 0 Å². The van der Waals surface area contributed by atoms with Crippen molar-refractivity contribution in [2.24, 2.45) is 0 Å². The number of carbonyl (C=O) groups excluding carboxylic acids is 1. The van der Waals surface area contributed by atoms with Gasteiger partial charge in [-0.05, 0) is 36.6 Å². The lowest BCUT2D eigenvalue weighted by molar-refractivity contribution is 0.0954. The molecule has 3 rings (SSSR count). The van der Waals surface area contributed by atoms with Gasteiger partial charge in [0, 0.05) is 6.54 Å². The molecule has 21 heavy (non-hydrogen) atoms. The van der Waals surface area contributed by atoms with E-state index in [1.54, 1.807) is 12.1 Å². The normalized spacial score (nSPS) is 14.6. The fraction of sp³-hybridized carbons (Fsp3) is 0.214. The molecule has 0 bridgehead atoms. The number of hydrogen-bond acceptors (Lipinski definition) is 4. The Labute approximate surface area is 122 Å². The predicted molar refractivity (Wildman–Crippen MR) is 77.2 cm³/mol. The van der Waals surface area contributed by atoms with Gasteiger partial charge in [0.25, 0.3) is 0 Å². The van der Waals surface area contributed by atoms with E-state index in [1.807, 2.05) is 16.9 Å². The number of carbonyl (C=O) groups is 1. The molecule has 1 aromatic heterocycles. The average molecular weight is 306 g/mol. The molecule has 0 saturated heterocycles. The molecule has 0 atom stereocenters. The van der Waals surface area contributed by atoms with E-state index in [0.29, 0.717) is 18.7 Å². The number of rotatable bonds is 3. The number of para-hydroxylation sites is 1. The number of anilines is 1. The summed E-state index contributed by atoms with van der Waals surface area (Å²) in [5.41, 5.74) is 1.57. The number of furan rings is 1. The van der Waals surface area contributed by atoms with Crippen LogP contribution in [-0.4, -0.2) is 20.9 Å². The van der Waals surface area contributed by atoms with Crippen LogP contribution >= 0.6 is 0 Å². The second kappa shape index (κ2) is 5.25. The molecule has 2 heterocycles. The summed E-state index contributed by atoms with van der Waals surface area (Å²) in [5.74, 6) is -0.813. The van der Waals surface area contributed by atoms with E-state index >= 15 is 0 Å². The van der Waals surface area contributed by atoms with E-state index in [-0.39, 0.29) is 5.76 Å². The van der Waals surface area contributed by atoms with E-state index in [2.05, 4.69) is 0 Å². The summed E-state index contributed by atoms with van der Waals surface area (Å²) >= 11 is 0. The maximum absolute atomic E-state index is 12.4. The van der Waals surface area contributed by atoms with E-state index in [9.17, 15) is 13.2 Å². The van der Waals surface area contributed by atoms with Gasteiger partial charge >= 0.3 is 16.1 Å². The number of nitrogens with one attached hydrogen (secondary N) is 1. The van der Waals surface area contributed by atoms with Crippen molar-refractivity contribution < 1.29 is 17.6 Å². The summed E-state index contributed by atoms with van der Waals surface area (Å²) in [6, 6.07) is 10.2. The Balaban J connectivity index is 1.88. The van der Waals surface area contributed by atoms with Gasteiger partial charge in [-0.1, -0.05) is 18.2 Å². The summed E-state index contributed by atoms with van der Waals surface area (Å²) in [6.07, 6.45) is 2.86. The highest BCUT2D eigenvalue weighted by Crippen LogP contribution is 2.28. The number of hydrogen-bond donors (Lipinski definition) is 1. The summed E-state index contributed by atoms with van der Waals surface area (Å²) < 4.78 is 33.0. The van der Waals surface area contributed by atoms with Crippen molar-refractivity contribution in [3.8, 4) is 0 Å². The zero-order chi connectivity index (χ0) is 14.9. The highest BCUT2D eigenvalue weighted by molar-refractivity contribution is 7.91. The van der Waals surface area contributed by atoms with Crippen LogP contribution in [0.25, 0.3) is 0 Å². The predicted octanol–water partition coefficient (Wildman–Crippen LogP) is 1.71. The first-order valence-electron chi connectivity index (χ1n) is 6.54. The standard InChI is InChI=1S/C14H14N2O4S/c17-14(13-8-4-10-20-13)15-21(18,19)16-9-3-6-11-5-1-2-7-12(11)16/h1-2,4-5,7-8,10H,3,6,9H2,(H,15,17). The Hall–Kier alpha value is -2.28. The first-order valence-corrected chi connectivity index (χ1v) is 7.98. The fourth-order valence-corrected chi connectivity index (χ4v) is 3.63. The topological polar surface area (TPSA) is 79.6 Å². The Kier molecular flexibility index (Phi) is 3.42. The number of fused-ring (bicyclic) bond motifs is 1. The third-order valence-corrected chi connectivity index (χ3v) is 4.73. The second-order valence-corrected chi connectivity index (χ2v) is 6.31. The quantitative estimate of drug-likeness (QED) is 0.936. The molecular weight excluding hydrogens is 292 g/mol. The third-order valence-electron chi connectivity index (χ3n) is 3.32. The molecule has 110 valence electrons. The first kappa shape index (κ1) is 13.7. The summed E-state index contributed by atoms with van der Waals surface area (Å²) in [4.78, 5) is 11.9. The molecule has 6 nitrogen and oxygen atoms in total. The van der Waals surface area contributed by atoms with E-state index in [4.69, 9.17) is 4.42 Å². The van der Waals surface area contributed by atoms with Crippen LogP contribution in [0, 0.1) is 0 Å². The van der Waals surface area contributed by atoms with Crippen molar-refractivity contribution in [1.82, 2.24) is 4.72 Å². The Morgan fingerprint density at radius 3 is 2.76 bits per heavy atom. The number of aryl methyl sites for hydroxylation is 1. The van der Waals surface area contributed by atoms with Crippen LogP contribution < -0.4 is 9.03 Å². The van der Waals surface area contributed by atoms with Gasteiger partial charge in [-0.2, -0.15) is 8.42 Å². The molecule has 1 amide bonds. The monoisotopic (exact) mass is 306 g/mol. The zero-order valence-corrected chi connectivity index (χ0v) is 12.0. The molecular formula is C14H14N2O4S. The fourth-order valence-electron chi connectivity index (χ4n) is 2.38. The highest BCUT2D eigenvalue weighted by atomic mass is 32.2. The van der Waals surface area contributed by atoms with Crippen LogP contribution in [0.4, 0.5) is 5.69 Å². The van der Waals surface area contributed by atoms with E-state index in [1.165, 1.54) is 22.7 Å². The van der Waals surface area contributed by atoms with Crippen molar-refractivity contribution in [1.29, 1.82) is 0 Å². The van der Waals surface area contributed by atoms with Crippen LogP contribution in [0.2, 0.25) is 0 Å². The van der Waals surface area contributed by atoms with Gasteiger partial charge < -0.3 is 4.42 Å². The molecule has 2 aromatic rings. The lowest BCUT2D eigenvalue weighted by atomic mass is 10.0. The second-order valence-electron chi connectivity index (χ2n) is 4.72. The van der Waals surface area contributed by atoms with Crippen molar-refractivity contribution >= 4 is 21.8 Å². The molecule has 1 aliphatic heterocycles. The molecule has 7 heteroatoms. The molecule has 1 aliphatic rings. The summed E-state index contributed by atoms with van der Waals surface area (Å²) in [7, 11) is -3.95. The smallest absolute Gasteiger partial charge is 0.326 e. The van der Waals surface area contributed by atoms with E-state index in [0.717, 1.165) is 12.0 Å². The zero-order valence-electron chi connectivity index (χ0n) is 11.2. The van der Waals surface area contributed by atoms with Crippen LogP contribution in [0.1, 0.15) is 22.5 Å². The summed E-state index contributed by atoms with van der Waals surface area (Å²) in [6.45, 7) is 0.345. The highest BCUT2D eigenvalue weighted by Gasteiger charge is 2.29. The molecule has 0 unspecified atom stereocenters. The SMILES string of the molecule is O=C(NS(=O)(=O)N1CCCc2ccccc21)c1ccco1. The van der Waals surface area contributed by atoms with Crippen molar-refractivity contribution in [3.05, 3.63) is 54.0 Å². The van der Waals surface area contributed by atoms with Crippen molar-refractivity contribution in [2.75, 3.05) is 10.8 Å². The van der Waals surface area contributed by atoms with Crippen LogP contribution in [-0.2, 0) is 16.6 Å². The maximum atomic E-state index is 12.4. The van der Waals surface area contributed by atoms with Crippen LogP contribution in [0.5, 0.6) is 0 Å². The van der Waals surface area contributed by atoms with Gasteiger partial charge in [-0.25, -0.2) is 4.72 Å². The van der Waals surface area contributed by atoms with Crippen molar-refractivity contribution in [2.45, 2.75) is 12.8 Å². The minimum absolute atomic E-state index is 0.0381. The van der Waals surface area contributed by atoms with Gasteiger partial charge in [-0.3, -0.25) is 9.10 Å². The molecule has 0 saturated carbocycles. The molecule has 0 spiro atoms. The largest absolute Gasteiger partial charge is 0.459 e. The minimum atomic E-state index is -3.95. The van der Waals surface area contributed by atoms with Gasteiger partial charge in [0.15, 0.2) is 5.76 Å². The average Bonchev–Trinajstić information content (AvgIpc) is 3.00. The maximum Gasteiger partial charge on any atom is 0.326 e. The molecule has 0 aliphatic carbocycles. The van der Waals surface area contributed by atoms with E-state index < -0.39 is 16.1 Å². The first-order chi connectivity index (χ1) is 10.1. The molecule has 0 fully saturated rings. The lowest BCUT2D eigenvalue weighted by Gasteiger charge is -2.29. The molecule has 0 radical (unpaired) electrons. The Morgan fingerprint density at radius 1 is 1.19 bits per heavy atom. The molecule has 1 N–H and O–H groups in total. The number of nitrogens with zero attached hydrogens (tertiary/aromatic N) is 1. The van der Waals surface area contributed by atoms with Gasteiger partial charge in [-0.15, -0.1) is 0 Å². The summed E-state index contributed by atoms with van der Waals surface area (Å²) in [5, 5.41) is 0. The Bertz CT molecular complexity index is 753. The van der Waals surface area contributed by atoms with Gasteiger partial charge in [0.1, 0.15) is 0 Å². The lowest BCUT2D eigenvalue weighted by Crippen LogP contribution is -2.45. The number of amides is 1. The molecule has 1 aromatic carbocycles. The minimum Gasteiger partial charge on any atom is -0.459 e. The van der Waals surface area contributed by atoms with Gasteiger partial charge in [0.05, 0.1) is 12.0 Å². The van der Waals surface area contributed by atoms with Crippen LogP contribution in [0.3, 0.4) is 0 Å². The van der Waals surface area contributed by atoms with Crippen LogP contribution in [0.15, 0.2) is 47.1 Å².